The number of carbonyl (C=O) groups is 4. The lowest BCUT2D eigenvalue weighted by Crippen LogP contribution is -2.49. The first-order valence-corrected chi connectivity index (χ1v) is 30.5. The average Bonchev–Trinajstić information content (AvgIpc) is 1.64. The van der Waals surface area contributed by atoms with Crippen LogP contribution in [0.1, 0.15) is 55.1 Å². The number of hydrogen-bond acceptors (Lipinski definition) is 20. The Balaban J connectivity index is 0.534. The van der Waals surface area contributed by atoms with E-state index in [1.54, 1.807) is 50.5 Å². The van der Waals surface area contributed by atoms with E-state index in [1.165, 1.54) is 9.80 Å². The number of benzene rings is 4. The molecule has 2 atom stereocenters. The van der Waals surface area contributed by atoms with Crippen LogP contribution in [0, 0.1) is 47.4 Å². The largest absolute Gasteiger partial charge is 0.489 e. The van der Waals surface area contributed by atoms with E-state index in [1.807, 2.05) is 60.7 Å². The normalized spacial score (nSPS) is 14.0. The number of ether oxygens (including phenoxy) is 12. The molecule has 0 bridgehead atoms. The van der Waals surface area contributed by atoms with Crippen LogP contribution in [0.15, 0.2) is 97.1 Å². The standard InChI is InChI=1S/C68H76N10O16/c1-77-57-45-53(21-23-59(57)93-49-55(67(77)81)69-65(79)63-71-61(73-75-63)47-51-15-7-5-8-16-51)19-13-27-85-31-35-89-39-43-91-41-37-87-33-29-83-25-11-3-4-12-26-84-30-34-88-38-42-92-44-40-90-36-32-86-28-14-20-54-22-24-60-58(46-54)78(2)68(82)56(50-94-60)70-66(80)64-72-62(74-76-64)48-52-17-9-6-10-18-52/h5-10,15-18,21-24,45-46,55-56H,25-44,47-50H2,1-2H3,(H,69,79)(H,70,80)(H,71,73,75)(H,72,74,76)/t55-,56-/m0/s1. The van der Waals surface area contributed by atoms with Crippen LogP contribution in [0.5, 0.6) is 11.5 Å². The lowest BCUT2D eigenvalue weighted by molar-refractivity contribution is -0.121. The third-order valence-electron chi connectivity index (χ3n) is 13.6. The second-order valence-corrected chi connectivity index (χ2v) is 20.5. The molecule has 4 amide bonds. The van der Waals surface area contributed by atoms with E-state index in [0.29, 0.717) is 164 Å². The Kier molecular flexibility index (Phi) is 30.3. The van der Waals surface area contributed by atoms with E-state index in [4.69, 9.17) is 56.8 Å². The Hall–Kier alpha value is -9.52. The van der Waals surface area contributed by atoms with Crippen LogP contribution in [0.4, 0.5) is 11.4 Å². The van der Waals surface area contributed by atoms with Gasteiger partial charge in [-0.05, 0) is 59.4 Å². The molecule has 94 heavy (non-hydrogen) atoms. The summed E-state index contributed by atoms with van der Waals surface area (Å²) < 4.78 is 67.2. The number of nitrogens with zero attached hydrogens (tertiary/aromatic N) is 6. The number of fused-ring (bicyclic) bond motifs is 2. The molecule has 4 N–H and O–H groups in total. The van der Waals surface area contributed by atoms with Crippen molar-refractivity contribution in [1.82, 2.24) is 41.0 Å². The van der Waals surface area contributed by atoms with Gasteiger partial charge in [-0.1, -0.05) is 96.2 Å². The maximum Gasteiger partial charge on any atom is 0.291 e. The average molecular weight is 1290 g/mol. The Labute approximate surface area is 545 Å². The molecule has 0 radical (unpaired) electrons. The third-order valence-corrected chi connectivity index (χ3v) is 13.6. The molecule has 0 spiro atoms. The Morgan fingerprint density at radius 2 is 0.798 bits per heavy atom. The SMILES string of the molecule is CN1C(=O)[C@@H](NC(=O)c2n[nH]c(Cc3ccccc3)n2)COc2ccc(C#CCOCCOCCOCCOCCOCC#CC#CCOCCOCCOCCOCCOCC#Cc3ccc4c(c3)N(C)C(=O)[C@@H](NC(=O)c3n[nH]c(Cc5ccccc5)n3)CO4)cc21. The summed E-state index contributed by atoms with van der Waals surface area (Å²) in [7, 11) is 3.24. The predicted octanol–water partition coefficient (Wildman–Crippen LogP) is 2.99. The van der Waals surface area contributed by atoms with E-state index in [0.717, 1.165) is 11.1 Å². The van der Waals surface area contributed by atoms with Crippen molar-refractivity contribution in [2.24, 2.45) is 0 Å². The van der Waals surface area contributed by atoms with E-state index in [2.05, 4.69) is 88.4 Å². The molecular weight excluding hydrogens is 1210 g/mol. The first kappa shape index (κ1) is 70.4. The highest BCUT2D eigenvalue weighted by Gasteiger charge is 2.33. The lowest BCUT2D eigenvalue weighted by atomic mass is 10.1. The van der Waals surface area contributed by atoms with Crippen molar-refractivity contribution in [1.29, 1.82) is 0 Å². The van der Waals surface area contributed by atoms with Gasteiger partial charge in [0.25, 0.3) is 23.6 Å². The summed E-state index contributed by atoms with van der Waals surface area (Å²) in [6, 6.07) is 28.0. The highest BCUT2D eigenvalue weighted by Crippen LogP contribution is 2.33. The van der Waals surface area contributed by atoms with E-state index in [-0.39, 0.29) is 63.1 Å². The summed E-state index contributed by atoms with van der Waals surface area (Å²) in [6.45, 7) is 7.08. The Bertz CT molecular complexity index is 3380. The highest BCUT2D eigenvalue weighted by molar-refractivity contribution is 6.03. The van der Waals surface area contributed by atoms with Crippen LogP contribution in [0.3, 0.4) is 0 Å². The van der Waals surface area contributed by atoms with Gasteiger partial charge in [0.1, 0.15) is 74.9 Å². The number of carbonyl (C=O) groups excluding carboxylic acids is 4. The van der Waals surface area contributed by atoms with Gasteiger partial charge in [-0.2, -0.15) is 0 Å². The molecule has 4 aromatic carbocycles. The van der Waals surface area contributed by atoms with Crippen LogP contribution in [-0.2, 0) is 69.8 Å². The molecular formula is C68H76N10O16. The summed E-state index contributed by atoms with van der Waals surface area (Å²) in [5.41, 5.74) is 4.41. The molecule has 26 heteroatoms. The van der Waals surface area contributed by atoms with Crippen LogP contribution in [0.25, 0.3) is 0 Å². The van der Waals surface area contributed by atoms with Crippen molar-refractivity contribution >= 4 is 35.0 Å². The fraction of sp³-hybridized carbons (Fsp3) is 0.412. The number of rotatable bonds is 36. The zero-order valence-electron chi connectivity index (χ0n) is 52.6. The molecule has 0 unspecified atom stereocenters. The van der Waals surface area contributed by atoms with Gasteiger partial charge in [-0.25, -0.2) is 9.97 Å². The molecule has 6 aromatic rings. The molecule has 2 aliphatic rings. The molecule has 4 heterocycles. The molecule has 0 aliphatic carbocycles. The van der Waals surface area contributed by atoms with Crippen molar-refractivity contribution in [3.63, 3.8) is 0 Å². The summed E-state index contributed by atoms with van der Waals surface area (Å²) in [5, 5.41) is 19.1. The van der Waals surface area contributed by atoms with Crippen LogP contribution < -0.4 is 29.9 Å². The van der Waals surface area contributed by atoms with Crippen molar-refractivity contribution < 1.29 is 76.0 Å². The van der Waals surface area contributed by atoms with Crippen LogP contribution in [-0.4, -0.2) is 226 Å². The van der Waals surface area contributed by atoms with Gasteiger partial charge < -0.3 is 77.3 Å². The zero-order valence-corrected chi connectivity index (χ0v) is 52.6. The number of hydrogen-bond donors (Lipinski definition) is 4. The number of anilines is 2. The number of amides is 4. The molecule has 2 aliphatic heterocycles. The number of likely N-dealkylation sites (N-methyl/N-ethyl adjacent to an activating group) is 2. The van der Waals surface area contributed by atoms with Gasteiger partial charge in [0.05, 0.1) is 117 Å². The maximum absolute atomic E-state index is 13.4. The van der Waals surface area contributed by atoms with Gasteiger partial charge in [-0.3, -0.25) is 29.4 Å². The lowest BCUT2D eigenvalue weighted by Gasteiger charge is -2.20. The van der Waals surface area contributed by atoms with E-state index in [9.17, 15) is 19.2 Å². The molecule has 2 aromatic heterocycles. The van der Waals surface area contributed by atoms with Crippen molar-refractivity contribution in [2.45, 2.75) is 24.9 Å². The fourth-order valence-corrected chi connectivity index (χ4v) is 8.82. The number of nitrogens with one attached hydrogen (secondary N) is 4. The van der Waals surface area contributed by atoms with Crippen LogP contribution >= 0.6 is 0 Å². The number of H-pyrrole nitrogens is 2. The van der Waals surface area contributed by atoms with Crippen LogP contribution in [0.2, 0.25) is 0 Å². The minimum atomic E-state index is -0.957. The number of aromatic nitrogens is 6. The third kappa shape index (κ3) is 24.5. The first-order valence-electron chi connectivity index (χ1n) is 30.5. The van der Waals surface area contributed by atoms with Gasteiger partial charge in [0.2, 0.25) is 11.6 Å². The summed E-state index contributed by atoms with van der Waals surface area (Å²) in [4.78, 5) is 64.2. The second kappa shape index (κ2) is 40.5. The Morgan fingerprint density at radius 3 is 1.15 bits per heavy atom. The molecule has 26 nitrogen and oxygen atoms in total. The molecule has 0 fully saturated rings. The van der Waals surface area contributed by atoms with Crippen molar-refractivity contribution in [2.75, 3.05) is 169 Å². The van der Waals surface area contributed by atoms with Gasteiger partial charge >= 0.3 is 0 Å². The minimum absolute atomic E-state index is 0.0632. The van der Waals surface area contributed by atoms with Crippen molar-refractivity contribution in [3.8, 4) is 58.9 Å². The summed E-state index contributed by atoms with van der Waals surface area (Å²) in [6.07, 6.45) is 0.964. The van der Waals surface area contributed by atoms with Gasteiger partial charge in [0, 0.05) is 38.1 Å². The zero-order chi connectivity index (χ0) is 65.6. The van der Waals surface area contributed by atoms with E-state index >= 15 is 0 Å². The number of aromatic amines is 2. The summed E-state index contributed by atoms with van der Waals surface area (Å²) >= 11 is 0. The first-order chi connectivity index (χ1) is 46.2. The fourth-order valence-electron chi connectivity index (χ4n) is 8.82. The monoisotopic (exact) mass is 1290 g/mol. The molecule has 0 saturated heterocycles. The Morgan fingerprint density at radius 1 is 0.468 bits per heavy atom. The predicted molar refractivity (Wildman–Crippen MR) is 342 cm³/mol. The minimum Gasteiger partial charge on any atom is -0.489 e. The van der Waals surface area contributed by atoms with Gasteiger partial charge in [-0.15, -0.1) is 10.2 Å². The van der Waals surface area contributed by atoms with E-state index < -0.39 is 23.9 Å². The summed E-state index contributed by atoms with van der Waals surface area (Å²) in [5.74, 6) is 23.2. The quantitative estimate of drug-likeness (QED) is 0.0325. The topological polar surface area (TPSA) is 293 Å². The smallest absolute Gasteiger partial charge is 0.291 e. The van der Waals surface area contributed by atoms with Crippen molar-refractivity contribution in [3.05, 3.63) is 143 Å². The second-order valence-electron chi connectivity index (χ2n) is 20.5. The molecule has 494 valence electrons. The molecule has 0 saturated carbocycles. The maximum atomic E-state index is 13.4. The van der Waals surface area contributed by atoms with Gasteiger partial charge in [0.15, 0.2) is 0 Å². The highest BCUT2D eigenvalue weighted by atomic mass is 16.6. The molecule has 8 rings (SSSR count).